The van der Waals surface area contributed by atoms with Crippen molar-refractivity contribution in [2.75, 3.05) is 7.11 Å². The Bertz CT molecular complexity index is 505. The highest BCUT2D eigenvalue weighted by molar-refractivity contribution is 6.68. The van der Waals surface area contributed by atoms with E-state index in [1.807, 2.05) is 0 Å². The number of hydrogen-bond acceptors (Lipinski definition) is 5. The standard InChI is InChI=1S/C11H11Cl3N2O4/c1-19-10(6-9(15-20-10)11(12,13)14)7-2-4-8(5-3-7)16(17)18/h2-5,9,15H,6H2,1H3/t9-,10-/m0/s1. The highest BCUT2D eigenvalue weighted by Crippen LogP contribution is 2.43. The van der Waals surface area contributed by atoms with Gasteiger partial charge in [-0.05, 0) is 12.1 Å². The summed E-state index contributed by atoms with van der Waals surface area (Å²) in [5.41, 5.74) is 3.19. The summed E-state index contributed by atoms with van der Waals surface area (Å²) >= 11 is 17.5. The number of non-ortho nitro benzene ring substituents is 1. The first-order valence-corrected chi connectivity index (χ1v) is 6.72. The van der Waals surface area contributed by atoms with Gasteiger partial charge in [-0.15, -0.1) is 0 Å². The van der Waals surface area contributed by atoms with E-state index in [0.29, 0.717) is 5.56 Å². The van der Waals surface area contributed by atoms with Crippen molar-refractivity contribution in [1.29, 1.82) is 0 Å². The molecule has 2 atom stereocenters. The second-order valence-electron chi connectivity index (χ2n) is 4.28. The molecule has 1 fully saturated rings. The SMILES string of the molecule is CO[C@@]1(c2ccc([N+](=O)[O-])cc2)C[C@@H](C(Cl)(Cl)Cl)NO1. The summed E-state index contributed by atoms with van der Waals surface area (Å²) in [6, 6.07) is 5.25. The predicted molar refractivity (Wildman–Crippen MR) is 74.7 cm³/mol. The second-order valence-corrected chi connectivity index (χ2v) is 6.65. The highest BCUT2D eigenvalue weighted by Gasteiger charge is 2.49. The van der Waals surface area contributed by atoms with Crippen LogP contribution < -0.4 is 5.48 Å². The number of nitrogens with zero attached hydrogens (tertiary/aromatic N) is 1. The third kappa shape index (κ3) is 3.00. The Morgan fingerprint density at radius 2 is 2.05 bits per heavy atom. The minimum absolute atomic E-state index is 0.0242. The van der Waals surface area contributed by atoms with E-state index in [9.17, 15) is 10.1 Å². The summed E-state index contributed by atoms with van der Waals surface area (Å²) in [5.74, 6) is -1.15. The maximum absolute atomic E-state index is 10.6. The Morgan fingerprint density at radius 3 is 2.45 bits per heavy atom. The van der Waals surface area contributed by atoms with Crippen molar-refractivity contribution in [1.82, 2.24) is 5.48 Å². The fraction of sp³-hybridized carbons (Fsp3) is 0.455. The zero-order chi connectivity index (χ0) is 15.0. The van der Waals surface area contributed by atoms with Crippen LogP contribution in [0.3, 0.4) is 0 Å². The van der Waals surface area contributed by atoms with Crippen molar-refractivity contribution < 1.29 is 14.5 Å². The zero-order valence-corrected chi connectivity index (χ0v) is 12.6. The fourth-order valence-corrected chi connectivity index (χ4v) is 2.32. The van der Waals surface area contributed by atoms with Crippen molar-refractivity contribution in [3.63, 3.8) is 0 Å². The van der Waals surface area contributed by atoms with Crippen molar-refractivity contribution in [3.05, 3.63) is 39.9 Å². The summed E-state index contributed by atoms with van der Waals surface area (Å²) < 4.78 is 3.83. The van der Waals surface area contributed by atoms with E-state index in [0.717, 1.165) is 0 Å². The minimum atomic E-state index is -1.55. The number of alkyl halides is 3. The summed E-state index contributed by atoms with van der Waals surface area (Å²) in [6.45, 7) is 0. The van der Waals surface area contributed by atoms with Crippen LogP contribution in [0.1, 0.15) is 12.0 Å². The van der Waals surface area contributed by atoms with Gasteiger partial charge in [-0.25, -0.2) is 0 Å². The Morgan fingerprint density at radius 1 is 1.45 bits per heavy atom. The quantitative estimate of drug-likeness (QED) is 0.519. The molecule has 1 saturated heterocycles. The molecule has 1 heterocycles. The van der Waals surface area contributed by atoms with Crippen molar-refractivity contribution >= 4 is 40.5 Å². The molecule has 0 saturated carbocycles. The van der Waals surface area contributed by atoms with E-state index in [2.05, 4.69) is 5.48 Å². The number of hydrogen-bond donors (Lipinski definition) is 1. The molecule has 1 aromatic carbocycles. The molecule has 20 heavy (non-hydrogen) atoms. The predicted octanol–water partition coefficient (Wildman–Crippen LogP) is 3.06. The molecule has 1 aliphatic heterocycles. The topological polar surface area (TPSA) is 73.6 Å². The van der Waals surface area contributed by atoms with Crippen LogP contribution in [0.4, 0.5) is 5.69 Å². The smallest absolute Gasteiger partial charge is 0.269 e. The van der Waals surface area contributed by atoms with Gasteiger partial charge in [0.05, 0.1) is 11.0 Å². The number of rotatable bonds is 3. The van der Waals surface area contributed by atoms with Crippen LogP contribution in [-0.2, 0) is 15.4 Å². The van der Waals surface area contributed by atoms with Gasteiger partial charge in [0.15, 0.2) is 0 Å². The number of methoxy groups -OCH3 is 1. The summed E-state index contributed by atoms with van der Waals surface area (Å²) in [4.78, 5) is 15.6. The van der Waals surface area contributed by atoms with Gasteiger partial charge in [-0.2, -0.15) is 5.48 Å². The maximum atomic E-state index is 10.6. The molecule has 0 aromatic heterocycles. The maximum Gasteiger partial charge on any atom is 0.269 e. The number of benzene rings is 1. The molecule has 0 spiro atoms. The first-order valence-electron chi connectivity index (χ1n) is 5.59. The van der Waals surface area contributed by atoms with Gasteiger partial charge < -0.3 is 4.74 Å². The molecule has 110 valence electrons. The van der Waals surface area contributed by atoms with Crippen LogP contribution in [0.5, 0.6) is 0 Å². The lowest BCUT2D eigenvalue weighted by Crippen LogP contribution is -2.34. The number of ether oxygens (including phenoxy) is 1. The number of hydroxylamine groups is 1. The van der Waals surface area contributed by atoms with Crippen LogP contribution in [0, 0.1) is 10.1 Å². The third-order valence-electron chi connectivity index (χ3n) is 3.08. The number of nitrogens with one attached hydrogen (secondary N) is 1. The van der Waals surface area contributed by atoms with Crippen LogP contribution in [0.2, 0.25) is 0 Å². The molecule has 0 bridgehead atoms. The van der Waals surface area contributed by atoms with E-state index in [4.69, 9.17) is 44.4 Å². The fourth-order valence-electron chi connectivity index (χ4n) is 1.96. The van der Waals surface area contributed by atoms with Crippen LogP contribution in [0.15, 0.2) is 24.3 Å². The number of nitro groups is 1. The van der Waals surface area contributed by atoms with Crippen LogP contribution in [0.25, 0.3) is 0 Å². The molecular weight excluding hydrogens is 330 g/mol. The minimum Gasteiger partial charge on any atom is -0.348 e. The van der Waals surface area contributed by atoms with E-state index in [-0.39, 0.29) is 12.1 Å². The molecular formula is C11H11Cl3N2O4. The van der Waals surface area contributed by atoms with Gasteiger partial charge in [0.1, 0.15) is 0 Å². The summed E-state index contributed by atoms with van der Waals surface area (Å²) in [7, 11) is 1.45. The average molecular weight is 342 g/mol. The normalized spacial score (nSPS) is 26.7. The first kappa shape index (κ1) is 15.8. The second kappa shape index (κ2) is 5.63. The molecule has 9 heteroatoms. The van der Waals surface area contributed by atoms with Crippen LogP contribution >= 0.6 is 34.8 Å². The van der Waals surface area contributed by atoms with Gasteiger partial charge in [0, 0.05) is 31.2 Å². The van der Waals surface area contributed by atoms with E-state index >= 15 is 0 Å². The van der Waals surface area contributed by atoms with Crippen molar-refractivity contribution in [3.8, 4) is 0 Å². The lowest BCUT2D eigenvalue weighted by atomic mass is 9.99. The van der Waals surface area contributed by atoms with E-state index < -0.39 is 20.5 Å². The largest absolute Gasteiger partial charge is 0.348 e. The zero-order valence-electron chi connectivity index (χ0n) is 10.3. The molecule has 0 radical (unpaired) electrons. The molecule has 0 aliphatic carbocycles. The molecule has 1 aromatic rings. The van der Waals surface area contributed by atoms with Gasteiger partial charge >= 0.3 is 0 Å². The lowest BCUT2D eigenvalue weighted by Gasteiger charge is -2.26. The molecule has 1 aliphatic rings. The summed E-state index contributed by atoms with van der Waals surface area (Å²) in [6.07, 6.45) is 0.248. The van der Waals surface area contributed by atoms with Gasteiger partial charge in [-0.1, -0.05) is 34.8 Å². The average Bonchev–Trinajstić information content (AvgIpc) is 2.84. The van der Waals surface area contributed by atoms with Crippen molar-refractivity contribution in [2.24, 2.45) is 0 Å². The van der Waals surface area contributed by atoms with Crippen molar-refractivity contribution in [2.45, 2.75) is 22.0 Å². The molecule has 1 N–H and O–H groups in total. The molecule has 6 nitrogen and oxygen atoms in total. The Labute approximate surface area is 130 Å². The third-order valence-corrected chi connectivity index (χ3v) is 3.87. The molecule has 2 rings (SSSR count). The Hall–Kier alpha value is -0.630. The number of nitro benzene ring substituents is 1. The van der Waals surface area contributed by atoms with Gasteiger partial charge in [0.25, 0.3) is 5.69 Å². The monoisotopic (exact) mass is 340 g/mol. The Balaban J connectivity index is 2.26. The van der Waals surface area contributed by atoms with Gasteiger partial charge in [-0.3, -0.25) is 15.0 Å². The summed E-state index contributed by atoms with van der Waals surface area (Å²) in [5, 5.41) is 10.6. The lowest BCUT2D eigenvalue weighted by molar-refractivity contribution is -0.384. The van der Waals surface area contributed by atoms with E-state index in [1.54, 1.807) is 12.1 Å². The molecule has 0 amide bonds. The number of halogens is 3. The first-order chi connectivity index (χ1) is 9.28. The highest BCUT2D eigenvalue weighted by atomic mass is 35.6. The van der Waals surface area contributed by atoms with Crippen LogP contribution in [-0.4, -0.2) is 21.9 Å². The van der Waals surface area contributed by atoms with E-state index in [1.165, 1.54) is 19.2 Å². The van der Waals surface area contributed by atoms with Gasteiger partial charge in [0.2, 0.25) is 9.58 Å². The Kier molecular flexibility index (Phi) is 4.44. The molecule has 0 unspecified atom stereocenters.